The second-order valence-corrected chi connectivity index (χ2v) is 21.1. The Labute approximate surface area is 437 Å². The third-order valence-electron chi connectivity index (χ3n) is 14.6. The zero-order valence-electron chi connectivity index (χ0n) is 45.4. The van der Waals surface area contributed by atoms with Gasteiger partial charge < -0.3 is 65.1 Å². The second kappa shape index (κ2) is 44.6. The molecule has 9 N–H and O–H groups in total. The lowest BCUT2D eigenvalue weighted by Crippen LogP contribution is -2.65. The van der Waals surface area contributed by atoms with E-state index in [0.717, 1.165) is 38.5 Å². The van der Waals surface area contributed by atoms with Crippen molar-refractivity contribution >= 4 is 5.91 Å². The first-order chi connectivity index (χ1) is 35.1. The predicted octanol–water partition coefficient (Wildman–Crippen LogP) is 9.67. The van der Waals surface area contributed by atoms with E-state index < -0.39 is 86.8 Å². The highest BCUT2D eigenvalue weighted by molar-refractivity contribution is 5.76. The van der Waals surface area contributed by atoms with E-state index in [4.69, 9.17) is 18.9 Å². The Hall–Kier alpha value is -1.53. The summed E-state index contributed by atoms with van der Waals surface area (Å²) in [5, 5.41) is 87.0. The van der Waals surface area contributed by atoms with E-state index in [-0.39, 0.29) is 18.9 Å². The standard InChI is InChI=1S/C58H109NO13/c1-3-5-7-9-11-13-15-17-18-19-20-21-22-23-24-25-26-27-28-30-32-34-36-38-40-42-50(63)59-46(47(62)41-39-37-35-33-31-29-16-14-12-10-8-6-4-2)45-69-57-55(68)53(66)56(49(44-61)71-57)72-58-54(67)52(65)51(64)48(43-60)70-58/h19-20,39,41,46-49,51-58,60-62,64-68H,3-18,21-38,40,42-45H2,1-2H3,(H,59,63)/b20-19-,41-39+. The van der Waals surface area contributed by atoms with Crippen LogP contribution in [0.3, 0.4) is 0 Å². The molecular weight excluding hydrogens is 919 g/mol. The molecule has 0 bridgehead atoms. The van der Waals surface area contributed by atoms with E-state index in [1.165, 1.54) is 180 Å². The highest BCUT2D eigenvalue weighted by atomic mass is 16.7. The maximum atomic E-state index is 13.2. The van der Waals surface area contributed by atoms with Crippen LogP contribution in [0.5, 0.6) is 0 Å². The maximum Gasteiger partial charge on any atom is 0.220 e. The van der Waals surface area contributed by atoms with Crippen molar-refractivity contribution < 1.29 is 64.6 Å². The van der Waals surface area contributed by atoms with Gasteiger partial charge in [0.05, 0.1) is 32.0 Å². The number of nitrogens with one attached hydrogen (secondary N) is 1. The molecule has 2 saturated heterocycles. The first-order valence-corrected chi connectivity index (χ1v) is 29.6. The van der Waals surface area contributed by atoms with Crippen LogP contribution >= 0.6 is 0 Å². The van der Waals surface area contributed by atoms with Crippen LogP contribution in [0.15, 0.2) is 24.3 Å². The van der Waals surface area contributed by atoms with Crippen molar-refractivity contribution in [2.24, 2.45) is 0 Å². The average Bonchev–Trinajstić information content (AvgIpc) is 3.38. The quantitative estimate of drug-likeness (QED) is 0.0205. The Bertz CT molecular complexity index is 1300. The van der Waals surface area contributed by atoms with Gasteiger partial charge in [-0.2, -0.15) is 0 Å². The molecule has 424 valence electrons. The summed E-state index contributed by atoms with van der Waals surface area (Å²) in [7, 11) is 0. The molecule has 14 heteroatoms. The van der Waals surface area contributed by atoms with E-state index in [1.54, 1.807) is 6.08 Å². The number of rotatable bonds is 47. The molecule has 0 saturated carbocycles. The summed E-state index contributed by atoms with van der Waals surface area (Å²) >= 11 is 0. The van der Waals surface area contributed by atoms with Crippen molar-refractivity contribution in [1.82, 2.24) is 5.32 Å². The van der Waals surface area contributed by atoms with Gasteiger partial charge in [-0.15, -0.1) is 0 Å². The zero-order valence-corrected chi connectivity index (χ0v) is 45.4. The smallest absolute Gasteiger partial charge is 0.220 e. The van der Waals surface area contributed by atoms with Crippen LogP contribution in [-0.4, -0.2) is 140 Å². The number of carbonyl (C=O) groups is 1. The highest BCUT2D eigenvalue weighted by Crippen LogP contribution is 2.30. The van der Waals surface area contributed by atoms with E-state index >= 15 is 0 Å². The topological polar surface area (TPSA) is 228 Å². The highest BCUT2D eigenvalue weighted by Gasteiger charge is 2.51. The van der Waals surface area contributed by atoms with Gasteiger partial charge in [0, 0.05) is 6.42 Å². The van der Waals surface area contributed by atoms with Crippen LogP contribution in [0.1, 0.15) is 245 Å². The number of aliphatic hydroxyl groups is 8. The fourth-order valence-corrected chi connectivity index (χ4v) is 9.82. The van der Waals surface area contributed by atoms with Crippen molar-refractivity contribution in [2.45, 2.75) is 319 Å². The van der Waals surface area contributed by atoms with Crippen LogP contribution in [-0.2, 0) is 23.7 Å². The van der Waals surface area contributed by atoms with Crippen molar-refractivity contribution in [2.75, 3.05) is 19.8 Å². The summed E-state index contributed by atoms with van der Waals surface area (Å²) < 4.78 is 22.7. The molecular formula is C58H109NO13. The number of hydrogen-bond donors (Lipinski definition) is 9. The first kappa shape index (κ1) is 66.6. The van der Waals surface area contributed by atoms with Gasteiger partial charge in [0.25, 0.3) is 0 Å². The van der Waals surface area contributed by atoms with Crippen molar-refractivity contribution in [1.29, 1.82) is 0 Å². The van der Waals surface area contributed by atoms with Gasteiger partial charge in [0.1, 0.15) is 48.8 Å². The number of carbonyl (C=O) groups excluding carboxylic acids is 1. The molecule has 12 atom stereocenters. The molecule has 2 aliphatic heterocycles. The zero-order chi connectivity index (χ0) is 52.4. The molecule has 0 aromatic carbocycles. The largest absolute Gasteiger partial charge is 0.394 e. The Balaban J connectivity index is 1.72. The molecule has 72 heavy (non-hydrogen) atoms. The fraction of sp³-hybridized carbons (Fsp3) is 0.914. The Morgan fingerprint density at radius 1 is 0.486 bits per heavy atom. The van der Waals surface area contributed by atoms with Gasteiger partial charge in [-0.1, -0.05) is 218 Å². The van der Waals surface area contributed by atoms with Gasteiger partial charge in [-0.05, 0) is 44.9 Å². The summed E-state index contributed by atoms with van der Waals surface area (Å²) in [4.78, 5) is 13.2. The van der Waals surface area contributed by atoms with Crippen LogP contribution < -0.4 is 5.32 Å². The second-order valence-electron chi connectivity index (χ2n) is 21.1. The Morgan fingerprint density at radius 2 is 0.875 bits per heavy atom. The van der Waals surface area contributed by atoms with Crippen LogP contribution in [0, 0.1) is 0 Å². The monoisotopic (exact) mass is 1030 g/mol. The van der Waals surface area contributed by atoms with E-state index in [2.05, 4.69) is 31.3 Å². The van der Waals surface area contributed by atoms with Crippen molar-refractivity contribution in [3.63, 3.8) is 0 Å². The molecule has 2 aliphatic rings. The van der Waals surface area contributed by atoms with Gasteiger partial charge in [0.15, 0.2) is 12.6 Å². The number of amides is 1. The van der Waals surface area contributed by atoms with Gasteiger partial charge in [-0.25, -0.2) is 0 Å². The molecule has 0 aromatic heterocycles. The van der Waals surface area contributed by atoms with Gasteiger partial charge >= 0.3 is 0 Å². The van der Waals surface area contributed by atoms with Crippen LogP contribution in [0.25, 0.3) is 0 Å². The minimum Gasteiger partial charge on any atom is -0.394 e. The summed E-state index contributed by atoms with van der Waals surface area (Å²) in [6.07, 6.45) is 35.1. The normalized spacial score (nSPS) is 25.7. The maximum absolute atomic E-state index is 13.2. The summed E-state index contributed by atoms with van der Waals surface area (Å²) in [6, 6.07) is -0.911. The van der Waals surface area contributed by atoms with E-state index in [9.17, 15) is 45.6 Å². The summed E-state index contributed by atoms with van der Waals surface area (Å²) in [5.41, 5.74) is 0. The van der Waals surface area contributed by atoms with Crippen molar-refractivity contribution in [3.05, 3.63) is 24.3 Å². The third-order valence-corrected chi connectivity index (χ3v) is 14.6. The molecule has 0 aliphatic carbocycles. The predicted molar refractivity (Wildman–Crippen MR) is 286 cm³/mol. The van der Waals surface area contributed by atoms with Crippen molar-refractivity contribution in [3.8, 4) is 0 Å². The summed E-state index contributed by atoms with van der Waals surface area (Å²) in [5.74, 6) is -0.238. The lowest BCUT2D eigenvalue weighted by molar-refractivity contribution is -0.359. The number of allylic oxidation sites excluding steroid dienone is 3. The SMILES string of the molecule is CCCCCCCCCC/C=C\CCCCCCCCCCCCCCCC(=O)NC(COC1OC(CO)C(OC2OC(CO)C(O)C(O)C2O)C(O)C1O)C(O)/C=C/CCCCCCCCCCCCC. The molecule has 1 amide bonds. The average molecular weight is 1030 g/mol. The first-order valence-electron chi connectivity index (χ1n) is 29.6. The van der Waals surface area contributed by atoms with E-state index in [0.29, 0.717) is 6.42 Å². The number of ether oxygens (including phenoxy) is 4. The Morgan fingerprint density at radius 3 is 1.32 bits per heavy atom. The molecule has 0 spiro atoms. The summed E-state index contributed by atoms with van der Waals surface area (Å²) in [6.45, 7) is 2.80. The number of hydrogen-bond acceptors (Lipinski definition) is 13. The van der Waals surface area contributed by atoms with Gasteiger partial charge in [0.2, 0.25) is 5.91 Å². The van der Waals surface area contributed by atoms with Gasteiger partial charge in [-0.3, -0.25) is 4.79 Å². The molecule has 0 radical (unpaired) electrons. The lowest BCUT2D eigenvalue weighted by atomic mass is 9.97. The van der Waals surface area contributed by atoms with Crippen LogP contribution in [0.4, 0.5) is 0 Å². The number of aliphatic hydroxyl groups excluding tert-OH is 8. The lowest BCUT2D eigenvalue weighted by Gasteiger charge is -2.46. The minimum atomic E-state index is -1.79. The molecule has 2 heterocycles. The molecule has 2 rings (SSSR count). The number of unbranched alkanes of at least 4 members (excludes halogenated alkanes) is 32. The molecule has 14 nitrogen and oxygen atoms in total. The fourth-order valence-electron chi connectivity index (χ4n) is 9.82. The molecule has 12 unspecified atom stereocenters. The van der Waals surface area contributed by atoms with E-state index in [1.807, 2.05) is 6.08 Å². The third kappa shape index (κ3) is 30.3. The van der Waals surface area contributed by atoms with Crippen LogP contribution in [0.2, 0.25) is 0 Å². The molecule has 2 fully saturated rings. The Kier molecular flexibility index (Phi) is 41.2. The molecule has 0 aromatic rings. The minimum absolute atomic E-state index is 0.238.